The largest absolute Gasteiger partial charge is 0.457 e. The summed E-state index contributed by atoms with van der Waals surface area (Å²) in [6, 6.07) is 6.79. The number of hydrogen-bond acceptors (Lipinski definition) is 9. The minimum Gasteiger partial charge on any atom is -0.457 e. The van der Waals surface area contributed by atoms with Gasteiger partial charge in [0.25, 0.3) is 0 Å². The van der Waals surface area contributed by atoms with Crippen molar-refractivity contribution >= 4 is 46.2 Å². The Kier molecular flexibility index (Phi) is 6.40. The Labute approximate surface area is 211 Å². The highest BCUT2D eigenvalue weighted by atomic mass is 35.5. The quantitative estimate of drug-likeness (QED) is 0.361. The first-order valence-electron chi connectivity index (χ1n) is 11.1. The molecule has 0 spiro atoms. The summed E-state index contributed by atoms with van der Waals surface area (Å²) in [5.41, 5.74) is 3.40. The van der Waals surface area contributed by atoms with Crippen LogP contribution in [0.2, 0.25) is 0 Å². The number of rotatable bonds is 5. The number of aromatic nitrogens is 7. The fourth-order valence-electron chi connectivity index (χ4n) is 3.92. The number of nitrogens with one attached hydrogen (secondary N) is 2. The van der Waals surface area contributed by atoms with Crippen LogP contribution in [0.1, 0.15) is 17.8 Å². The number of benzene rings is 1. The smallest absolute Gasteiger partial charge is 0.160 e. The van der Waals surface area contributed by atoms with Crippen LogP contribution >= 0.6 is 12.4 Å². The Morgan fingerprint density at radius 1 is 1.11 bits per heavy atom. The van der Waals surface area contributed by atoms with Gasteiger partial charge in [-0.1, -0.05) is 6.08 Å². The van der Waals surface area contributed by atoms with E-state index in [9.17, 15) is 0 Å². The first-order chi connectivity index (χ1) is 17.2. The van der Waals surface area contributed by atoms with Gasteiger partial charge >= 0.3 is 0 Å². The van der Waals surface area contributed by atoms with Gasteiger partial charge in [0.15, 0.2) is 23.1 Å². The van der Waals surface area contributed by atoms with Crippen LogP contribution in [0.5, 0.6) is 11.5 Å². The molecule has 0 radical (unpaired) electrons. The Morgan fingerprint density at radius 3 is 2.89 bits per heavy atom. The summed E-state index contributed by atoms with van der Waals surface area (Å²) in [6.45, 7) is 3.31. The molecule has 0 unspecified atom stereocenters. The molecule has 0 aliphatic carbocycles. The van der Waals surface area contributed by atoms with Crippen molar-refractivity contribution in [1.82, 2.24) is 39.9 Å². The molecule has 6 rings (SSSR count). The molecule has 1 aliphatic rings. The van der Waals surface area contributed by atoms with Gasteiger partial charge in [-0.25, -0.2) is 33.8 Å². The zero-order chi connectivity index (χ0) is 23.8. The summed E-state index contributed by atoms with van der Waals surface area (Å²) in [5, 5.41) is 10.4. The van der Waals surface area contributed by atoms with Gasteiger partial charge in [-0.05, 0) is 43.7 Å². The number of nitrogens with zero attached hydrogens (tertiary/aromatic N) is 7. The van der Waals surface area contributed by atoms with Crippen molar-refractivity contribution in [3.8, 4) is 11.5 Å². The van der Waals surface area contributed by atoms with Gasteiger partial charge in [0.05, 0.1) is 11.9 Å². The standard InChI is InChI=1S/C24H20FN9O.ClH/c1-14-19(35-16-6-9-34-20(10-16)29-13-31-34)3-2-17(21(14)25)32-24-22-18(28-12-30-24)11-27-23(33-22)15-4-7-26-8-5-15;/h2-4,6,9-13,26H,5,7-8H2,1H3,(H,28,30,32);1H. The molecule has 36 heavy (non-hydrogen) atoms. The van der Waals surface area contributed by atoms with Crippen molar-refractivity contribution in [3.63, 3.8) is 0 Å². The van der Waals surface area contributed by atoms with E-state index in [-0.39, 0.29) is 18.1 Å². The van der Waals surface area contributed by atoms with Gasteiger partial charge in [-0.2, -0.15) is 5.10 Å². The minimum absolute atomic E-state index is 0. The second-order valence-corrected chi connectivity index (χ2v) is 8.04. The molecule has 0 saturated carbocycles. The summed E-state index contributed by atoms with van der Waals surface area (Å²) < 4.78 is 22.9. The maximum absolute atomic E-state index is 15.4. The molecule has 5 heterocycles. The van der Waals surface area contributed by atoms with Gasteiger partial charge in [-0.3, -0.25) is 0 Å². The first kappa shape index (κ1) is 23.5. The Bertz CT molecular complexity index is 1600. The third kappa shape index (κ3) is 4.41. The van der Waals surface area contributed by atoms with Crippen LogP contribution in [-0.4, -0.2) is 47.6 Å². The molecule has 182 valence electrons. The van der Waals surface area contributed by atoms with E-state index in [0.29, 0.717) is 45.4 Å². The highest BCUT2D eigenvalue weighted by Crippen LogP contribution is 2.33. The lowest BCUT2D eigenvalue weighted by molar-refractivity contribution is 0.471. The maximum atomic E-state index is 15.4. The van der Waals surface area contributed by atoms with Crippen LogP contribution in [0.4, 0.5) is 15.9 Å². The fraction of sp³-hybridized carbons (Fsp3) is 0.167. The van der Waals surface area contributed by atoms with Gasteiger partial charge in [0, 0.05) is 24.4 Å². The zero-order valence-corrected chi connectivity index (χ0v) is 20.0. The summed E-state index contributed by atoms with van der Waals surface area (Å²) in [5.74, 6) is 1.51. The number of fused-ring (bicyclic) bond motifs is 2. The van der Waals surface area contributed by atoms with Crippen LogP contribution in [0.3, 0.4) is 0 Å². The van der Waals surface area contributed by atoms with E-state index in [1.165, 1.54) is 12.7 Å². The van der Waals surface area contributed by atoms with Crippen LogP contribution in [0.25, 0.3) is 22.3 Å². The third-order valence-corrected chi connectivity index (χ3v) is 5.80. The van der Waals surface area contributed by atoms with Gasteiger partial charge < -0.3 is 15.4 Å². The van der Waals surface area contributed by atoms with Crippen molar-refractivity contribution in [1.29, 1.82) is 0 Å². The highest BCUT2D eigenvalue weighted by molar-refractivity contribution is 5.87. The van der Waals surface area contributed by atoms with E-state index in [1.807, 2.05) is 0 Å². The minimum atomic E-state index is -0.451. The molecule has 10 nitrogen and oxygen atoms in total. The van der Waals surface area contributed by atoms with Crippen molar-refractivity contribution in [2.24, 2.45) is 0 Å². The molecule has 0 atom stereocenters. The van der Waals surface area contributed by atoms with E-state index < -0.39 is 5.82 Å². The van der Waals surface area contributed by atoms with Crippen LogP contribution < -0.4 is 15.4 Å². The zero-order valence-electron chi connectivity index (χ0n) is 19.1. The maximum Gasteiger partial charge on any atom is 0.160 e. The average molecular weight is 506 g/mol. The van der Waals surface area contributed by atoms with Gasteiger partial charge in [0.1, 0.15) is 35.2 Å². The normalized spacial score (nSPS) is 13.3. The lowest BCUT2D eigenvalue weighted by Gasteiger charge is -2.15. The molecular weight excluding hydrogens is 485 g/mol. The highest BCUT2D eigenvalue weighted by Gasteiger charge is 2.16. The topological polar surface area (TPSA) is 115 Å². The molecule has 2 N–H and O–H groups in total. The van der Waals surface area contributed by atoms with E-state index >= 15 is 4.39 Å². The molecular formula is C24H21ClFN9O. The summed E-state index contributed by atoms with van der Waals surface area (Å²) >= 11 is 0. The predicted octanol–water partition coefficient (Wildman–Crippen LogP) is 4.24. The second-order valence-electron chi connectivity index (χ2n) is 8.04. The van der Waals surface area contributed by atoms with E-state index in [0.717, 1.165) is 25.1 Å². The first-order valence-corrected chi connectivity index (χ1v) is 11.1. The van der Waals surface area contributed by atoms with E-state index in [4.69, 9.17) is 4.74 Å². The Morgan fingerprint density at radius 2 is 2.03 bits per heavy atom. The predicted molar refractivity (Wildman–Crippen MR) is 135 cm³/mol. The second kappa shape index (κ2) is 9.80. The van der Waals surface area contributed by atoms with E-state index in [1.54, 1.807) is 48.1 Å². The molecule has 5 aromatic rings. The number of anilines is 2. The molecule has 0 bridgehead atoms. The lowest BCUT2D eigenvalue weighted by atomic mass is 10.1. The van der Waals surface area contributed by atoms with E-state index in [2.05, 4.69) is 46.7 Å². The van der Waals surface area contributed by atoms with Gasteiger partial charge in [-0.15, -0.1) is 12.4 Å². The number of hydrogen-bond donors (Lipinski definition) is 2. The summed E-state index contributed by atoms with van der Waals surface area (Å²) in [4.78, 5) is 21.9. The SMILES string of the molecule is Cc1c(Oc2ccn3ncnc3c2)ccc(Nc2ncnc3cnc(C4=CCNCC4)nc23)c1F.Cl. The summed E-state index contributed by atoms with van der Waals surface area (Å²) in [6.07, 6.45) is 9.16. The number of halogens is 2. The number of pyridine rings is 1. The van der Waals surface area contributed by atoms with Crippen molar-refractivity contribution in [2.75, 3.05) is 18.4 Å². The van der Waals surface area contributed by atoms with Crippen LogP contribution in [-0.2, 0) is 0 Å². The van der Waals surface area contributed by atoms with Crippen LogP contribution in [0.15, 0.2) is 55.4 Å². The Hall–Kier alpha value is -4.22. The number of ether oxygens (including phenoxy) is 1. The third-order valence-electron chi connectivity index (χ3n) is 5.80. The Balaban J connectivity index is 0.00000267. The average Bonchev–Trinajstić information content (AvgIpc) is 3.37. The molecule has 0 amide bonds. The molecule has 1 aliphatic heterocycles. The monoisotopic (exact) mass is 505 g/mol. The fourth-order valence-corrected chi connectivity index (χ4v) is 3.92. The van der Waals surface area contributed by atoms with Crippen molar-refractivity contribution < 1.29 is 9.13 Å². The molecule has 0 fully saturated rings. The van der Waals surface area contributed by atoms with Crippen molar-refractivity contribution in [2.45, 2.75) is 13.3 Å². The molecule has 4 aromatic heterocycles. The van der Waals surface area contributed by atoms with Crippen molar-refractivity contribution in [3.05, 3.63) is 72.6 Å². The van der Waals surface area contributed by atoms with Crippen LogP contribution in [0, 0.1) is 12.7 Å². The molecule has 1 aromatic carbocycles. The van der Waals surface area contributed by atoms with Gasteiger partial charge in [0.2, 0.25) is 0 Å². The molecule has 0 saturated heterocycles. The lowest BCUT2D eigenvalue weighted by Crippen LogP contribution is -2.20. The molecule has 12 heteroatoms. The summed E-state index contributed by atoms with van der Waals surface area (Å²) in [7, 11) is 0.